The minimum atomic E-state index is 0.728. The SMILES string of the molecule is COc1cc(Cl)cc2sc(C)cc12. The molecular formula is C10H9ClOS. The highest BCUT2D eigenvalue weighted by Crippen LogP contribution is 2.35. The molecule has 13 heavy (non-hydrogen) atoms. The smallest absolute Gasteiger partial charge is 0.129 e. The third-order valence-electron chi connectivity index (χ3n) is 1.91. The minimum absolute atomic E-state index is 0.728. The van der Waals surface area contributed by atoms with Crippen molar-refractivity contribution in [2.75, 3.05) is 7.11 Å². The monoisotopic (exact) mass is 212 g/mol. The Morgan fingerprint density at radius 2 is 2.08 bits per heavy atom. The van der Waals surface area contributed by atoms with Crippen LogP contribution in [0.3, 0.4) is 0 Å². The van der Waals surface area contributed by atoms with Crippen molar-refractivity contribution in [2.45, 2.75) is 6.92 Å². The largest absolute Gasteiger partial charge is 0.496 e. The molecule has 2 aromatic rings. The van der Waals surface area contributed by atoms with Crippen LogP contribution >= 0.6 is 22.9 Å². The summed E-state index contributed by atoms with van der Waals surface area (Å²) in [4.78, 5) is 1.27. The van der Waals surface area contributed by atoms with Crippen LogP contribution in [0.25, 0.3) is 10.1 Å². The molecule has 1 aromatic heterocycles. The summed E-state index contributed by atoms with van der Waals surface area (Å²) in [5, 5.41) is 1.88. The van der Waals surface area contributed by atoms with E-state index in [0.29, 0.717) is 0 Å². The Morgan fingerprint density at radius 3 is 2.77 bits per heavy atom. The van der Waals surface area contributed by atoms with Crippen LogP contribution in [0.5, 0.6) is 5.75 Å². The maximum absolute atomic E-state index is 5.94. The lowest BCUT2D eigenvalue weighted by Gasteiger charge is -2.01. The first-order chi connectivity index (χ1) is 6.20. The number of hydrogen-bond donors (Lipinski definition) is 0. The predicted molar refractivity (Wildman–Crippen MR) is 58.1 cm³/mol. The van der Waals surface area contributed by atoms with E-state index in [1.54, 1.807) is 18.4 Å². The molecule has 0 radical (unpaired) electrons. The van der Waals surface area contributed by atoms with Crippen LogP contribution in [-0.4, -0.2) is 7.11 Å². The van der Waals surface area contributed by atoms with Crippen LogP contribution in [-0.2, 0) is 0 Å². The molecule has 0 unspecified atom stereocenters. The van der Waals surface area contributed by atoms with E-state index in [9.17, 15) is 0 Å². The molecule has 0 bridgehead atoms. The third kappa shape index (κ3) is 1.52. The molecule has 1 nitrogen and oxygen atoms in total. The number of halogens is 1. The van der Waals surface area contributed by atoms with Gasteiger partial charge in [0, 0.05) is 20.0 Å². The average Bonchev–Trinajstić information content (AvgIpc) is 2.43. The lowest BCUT2D eigenvalue weighted by atomic mass is 10.2. The molecule has 0 spiro atoms. The van der Waals surface area contributed by atoms with Gasteiger partial charge in [0.05, 0.1) is 7.11 Å². The number of rotatable bonds is 1. The zero-order valence-corrected chi connectivity index (χ0v) is 9.00. The Hall–Kier alpha value is -0.730. The van der Waals surface area contributed by atoms with Gasteiger partial charge in [-0.2, -0.15) is 0 Å². The molecular weight excluding hydrogens is 204 g/mol. The van der Waals surface area contributed by atoms with Crippen molar-refractivity contribution in [3.63, 3.8) is 0 Å². The number of ether oxygens (including phenoxy) is 1. The summed E-state index contributed by atoms with van der Waals surface area (Å²) in [6, 6.07) is 5.93. The van der Waals surface area contributed by atoms with E-state index in [-0.39, 0.29) is 0 Å². The molecule has 0 fully saturated rings. The molecule has 0 aliphatic heterocycles. The molecule has 0 saturated carbocycles. The number of thiophene rings is 1. The second-order valence-corrected chi connectivity index (χ2v) is 4.60. The van der Waals surface area contributed by atoms with E-state index in [1.807, 2.05) is 12.1 Å². The van der Waals surface area contributed by atoms with Gasteiger partial charge in [0.2, 0.25) is 0 Å². The van der Waals surface area contributed by atoms with Crippen molar-refractivity contribution in [1.82, 2.24) is 0 Å². The van der Waals surface area contributed by atoms with Gasteiger partial charge in [0.1, 0.15) is 5.75 Å². The van der Waals surface area contributed by atoms with Crippen LogP contribution in [0.2, 0.25) is 5.02 Å². The fourth-order valence-corrected chi connectivity index (χ4v) is 2.62. The quantitative estimate of drug-likeness (QED) is 0.697. The summed E-state index contributed by atoms with van der Waals surface area (Å²) in [7, 11) is 1.66. The van der Waals surface area contributed by atoms with Crippen LogP contribution in [0, 0.1) is 6.92 Å². The summed E-state index contributed by atoms with van der Waals surface area (Å²) in [6.07, 6.45) is 0. The highest BCUT2D eigenvalue weighted by atomic mass is 35.5. The number of benzene rings is 1. The molecule has 0 aliphatic rings. The molecule has 0 saturated heterocycles. The first kappa shape index (κ1) is 8.85. The van der Waals surface area contributed by atoms with E-state index < -0.39 is 0 Å². The fraction of sp³-hybridized carbons (Fsp3) is 0.200. The molecule has 68 valence electrons. The van der Waals surface area contributed by atoms with Crippen molar-refractivity contribution in [3.8, 4) is 5.75 Å². The van der Waals surface area contributed by atoms with E-state index >= 15 is 0 Å². The number of aryl methyl sites for hydroxylation is 1. The maximum atomic E-state index is 5.94. The van der Waals surface area contributed by atoms with Gasteiger partial charge in [-0.25, -0.2) is 0 Å². The van der Waals surface area contributed by atoms with Crippen molar-refractivity contribution in [1.29, 1.82) is 0 Å². The second kappa shape index (κ2) is 3.20. The van der Waals surface area contributed by atoms with Crippen molar-refractivity contribution >= 4 is 33.0 Å². The molecule has 0 aliphatic carbocycles. The van der Waals surface area contributed by atoms with Crippen molar-refractivity contribution in [3.05, 3.63) is 28.1 Å². The van der Waals surface area contributed by atoms with E-state index in [0.717, 1.165) is 16.2 Å². The lowest BCUT2D eigenvalue weighted by Crippen LogP contribution is -1.82. The second-order valence-electron chi connectivity index (χ2n) is 2.88. The molecule has 3 heteroatoms. The molecule has 0 N–H and O–H groups in total. The maximum Gasteiger partial charge on any atom is 0.129 e. The fourth-order valence-electron chi connectivity index (χ4n) is 1.37. The van der Waals surface area contributed by atoms with Gasteiger partial charge >= 0.3 is 0 Å². The van der Waals surface area contributed by atoms with Gasteiger partial charge in [-0.15, -0.1) is 11.3 Å². The highest BCUT2D eigenvalue weighted by Gasteiger charge is 2.05. The average molecular weight is 213 g/mol. The zero-order valence-electron chi connectivity index (χ0n) is 7.43. The Bertz CT molecular complexity index is 447. The molecule has 1 heterocycles. The van der Waals surface area contributed by atoms with Crippen LogP contribution in [0.1, 0.15) is 4.88 Å². The van der Waals surface area contributed by atoms with Crippen LogP contribution in [0.15, 0.2) is 18.2 Å². The van der Waals surface area contributed by atoms with E-state index in [1.165, 1.54) is 9.58 Å². The Balaban J connectivity index is 2.80. The highest BCUT2D eigenvalue weighted by molar-refractivity contribution is 7.19. The summed E-state index contributed by atoms with van der Waals surface area (Å²) >= 11 is 7.67. The Kier molecular flexibility index (Phi) is 2.18. The number of fused-ring (bicyclic) bond motifs is 1. The summed E-state index contributed by atoms with van der Waals surface area (Å²) in [5.74, 6) is 0.854. The van der Waals surface area contributed by atoms with Crippen molar-refractivity contribution < 1.29 is 4.74 Å². The molecule has 1 aromatic carbocycles. The van der Waals surface area contributed by atoms with Crippen LogP contribution in [0.4, 0.5) is 0 Å². The van der Waals surface area contributed by atoms with Gasteiger partial charge in [0.25, 0.3) is 0 Å². The molecule has 2 rings (SSSR count). The van der Waals surface area contributed by atoms with E-state index in [4.69, 9.17) is 16.3 Å². The normalized spacial score (nSPS) is 10.7. The van der Waals surface area contributed by atoms with Crippen LogP contribution < -0.4 is 4.74 Å². The van der Waals surface area contributed by atoms with Gasteiger partial charge in [-0.1, -0.05) is 11.6 Å². The third-order valence-corrected chi connectivity index (χ3v) is 3.12. The lowest BCUT2D eigenvalue weighted by molar-refractivity contribution is 0.420. The summed E-state index contributed by atoms with van der Waals surface area (Å²) in [6.45, 7) is 2.08. The summed E-state index contributed by atoms with van der Waals surface area (Å²) in [5.41, 5.74) is 0. The molecule has 0 atom stereocenters. The number of hydrogen-bond acceptors (Lipinski definition) is 2. The Morgan fingerprint density at radius 1 is 1.31 bits per heavy atom. The number of methoxy groups -OCH3 is 1. The summed E-state index contributed by atoms with van der Waals surface area (Å²) < 4.78 is 6.43. The van der Waals surface area contributed by atoms with Gasteiger partial charge < -0.3 is 4.74 Å². The first-order valence-corrected chi connectivity index (χ1v) is 5.14. The predicted octanol–water partition coefficient (Wildman–Crippen LogP) is 3.87. The minimum Gasteiger partial charge on any atom is -0.496 e. The van der Waals surface area contributed by atoms with Gasteiger partial charge in [-0.3, -0.25) is 0 Å². The first-order valence-electron chi connectivity index (χ1n) is 3.94. The molecule has 0 amide bonds. The topological polar surface area (TPSA) is 9.23 Å². The Labute approximate surface area is 85.9 Å². The van der Waals surface area contributed by atoms with E-state index in [2.05, 4.69) is 13.0 Å². The zero-order chi connectivity index (χ0) is 9.42. The van der Waals surface area contributed by atoms with Gasteiger partial charge in [0.15, 0.2) is 0 Å². The van der Waals surface area contributed by atoms with Gasteiger partial charge in [-0.05, 0) is 25.1 Å². The standard InChI is InChI=1S/C10H9ClOS/c1-6-3-8-9(12-2)4-7(11)5-10(8)13-6/h3-5H,1-2H3. The van der Waals surface area contributed by atoms with Crippen molar-refractivity contribution in [2.24, 2.45) is 0 Å².